The molecule has 0 aliphatic carbocycles. The van der Waals surface area contributed by atoms with Gasteiger partial charge < -0.3 is 21.5 Å². The van der Waals surface area contributed by atoms with Crippen LogP contribution in [0.15, 0.2) is 0 Å². The van der Waals surface area contributed by atoms with Crippen LogP contribution < -0.4 is 16.8 Å². The fourth-order valence-electron chi connectivity index (χ4n) is 2.03. The Balaban J connectivity index is 4.20. The lowest BCUT2D eigenvalue weighted by Crippen LogP contribution is -2.39. The van der Waals surface area contributed by atoms with Gasteiger partial charge in [0, 0.05) is 6.42 Å². The summed E-state index contributed by atoms with van der Waals surface area (Å²) in [7, 11) is 0. The van der Waals surface area contributed by atoms with Crippen LogP contribution in [0.1, 0.15) is 51.9 Å². The quantitative estimate of drug-likeness (QED) is 0.322. The molecule has 0 spiro atoms. The molecule has 0 bridgehead atoms. The van der Waals surface area contributed by atoms with E-state index in [0.717, 1.165) is 32.1 Å². The third-order valence-electron chi connectivity index (χ3n) is 3.21. The van der Waals surface area contributed by atoms with Crippen molar-refractivity contribution in [3.63, 3.8) is 0 Å². The Morgan fingerprint density at radius 1 is 1.05 bits per heavy atom. The highest BCUT2D eigenvalue weighted by Crippen LogP contribution is 2.06. The Kier molecular flexibility index (Phi) is 13.3. The molecule has 0 aromatic heterocycles. The molecule has 6 heteroatoms. The van der Waals surface area contributed by atoms with Crippen molar-refractivity contribution in [1.29, 1.82) is 0 Å². The molecule has 0 rings (SSSR count). The lowest BCUT2D eigenvalue weighted by Gasteiger charge is -2.17. The van der Waals surface area contributed by atoms with Gasteiger partial charge in [-0.1, -0.05) is 6.42 Å². The summed E-state index contributed by atoms with van der Waals surface area (Å²) < 4.78 is 4.93. The first-order chi connectivity index (χ1) is 10.2. The monoisotopic (exact) mass is 301 g/mol. The van der Waals surface area contributed by atoms with Crippen LogP contribution in [0.5, 0.6) is 0 Å². The molecule has 0 aliphatic rings. The zero-order valence-electron chi connectivity index (χ0n) is 13.2. The maximum atomic E-state index is 12.2. The van der Waals surface area contributed by atoms with Crippen molar-refractivity contribution in [3.05, 3.63) is 0 Å². The first-order valence-electron chi connectivity index (χ1n) is 7.97. The molecule has 5 N–H and O–H groups in total. The summed E-state index contributed by atoms with van der Waals surface area (Å²) in [6.07, 6.45) is 5.08. The summed E-state index contributed by atoms with van der Waals surface area (Å²) >= 11 is 0. The Bertz CT molecular complexity index is 285. The Morgan fingerprint density at radius 3 is 2.33 bits per heavy atom. The van der Waals surface area contributed by atoms with E-state index in [4.69, 9.17) is 16.2 Å². The second-order valence-electron chi connectivity index (χ2n) is 5.08. The number of carbonyl (C=O) groups is 2. The molecule has 1 atom stereocenters. The first-order valence-corrected chi connectivity index (χ1v) is 7.97. The Morgan fingerprint density at radius 2 is 1.71 bits per heavy atom. The molecule has 0 saturated heterocycles. The van der Waals surface area contributed by atoms with E-state index in [2.05, 4.69) is 5.32 Å². The summed E-state index contributed by atoms with van der Waals surface area (Å²) in [5, 5.41) is 3.15. The highest BCUT2D eigenvalue weighted by molar-refractivity contribution is 5.88. The number of rotatable bonds is 14. The van der Waals surface area contributed by atoms with E-state index >= 15 is 0 Å². The molecule has 0 radical (unpaired) electrons. The number of nitrogens with two attached hydrogens (primary N) is 2. The van der Waals surface area contributed by atoms with Gasteiger partial charge in [-0.2, -0.15) is 0 Å². The van der Waals surface area contributed by atoms with Gasteiger partial charge in [-0.05, 0) is 52.2 Å². The van der Waals surface area contributed by atoms with Crippen molar-refractivity contribution in [2.75, 3.05) is 26.2 Å². The molecule has 6 nitrogen and oxygen atoms in total. The number of nitrogens with one attached hydrogen (secondary N) is 1. The fourth-order valence-corrected chi connectivity index (χ4v) is 2.03. The number of ether oxygens (including phenoxy) is 1. The number of hydrogen-bond acceptors (Lipinski definition) is 6. The average Bonchev–Trinajstić information content (AvgIpc) is 2.47. The van der Waals surface area contributed by atoms with E-state index in [-0.39, 0.29) is 18.2 Å². The van der Waals surface area contributed by atoms with Gasteiger partial charge in [0.15, 0.2) is 0 Å². The van der Waals surface area contributed by atoms with Gasteiger partial charge in [-0.3, -0.25) is 9.59 Å². The highest BCUT2D eigenvalue weighted by atomic mass is 16.5. The smallest absolute Gasteiger partial charge is 0.307 e. The number of hydrogen-bond donors (Lipinski definition) is 3. The maximum absolute atomic E-state index is 12.2. The summed E-state index contributed by atoms with van der Waals surface area (Å²) in [4.78, 5) is 23.8. The van der Waals surface area contributed by atoms with Gasteiger partial charge in [0.25, 0.3) is 0 Å². The van der Waals surface area contributed by atoms with Crippen LogP contribution in [0, 0.1) is 0 Å². The molecule has 21 heavy (non-hydrogen) atoms. The number of unbranched alkanes of at least 4 members (excludes halogenated alkanes) is 3. The van der Waals surface area contributed by atoms with Gasteiger partial charge in [0.2, 0.25) is 0 Å². The number of carbonyl (C=O) groups excluding carboxylic acids is 2. The Labute approximate surface area is 128 Å². The SMILES string of the molecule is CCOC(=O)CC(NCCCCN)C(=O)CCCCCN. The van der Waals surface area contributed by atoms with Crippen molar-refractivity contribution in [3.8, 4) is 0 Å². The lowest BCUT2D eigenvalue weighted by molar-refractivity contribution is -0.145. The second kappa shape index (κ2) is 14.0. The van der Waals surface area contributed by atoms with Gasteiger partial charge in [-0.25, -0.2) is 0 Å². The predicted molar refractivity (Wildman–Crippen MR) is 83.9 cm³/mol. The molecule has 0 aromatic carbocycles. The van der Waals surface area contributed by atoms with Crippen LogP contribution >= 0.6 is 0 Å². The molecule has 1 unspecified atom stereocenters. The lowest BCUT2D eigenvalue weighted by atomic mass is 10.0. The van der Waals surface area contributed by atoms with Gasteiger partial charge in [0.05, 0.1) is 19.1 Å². The molecular weight excluding hydrogens is 270 g/mol. The molecule has 0 amide bonds. The summed E-state index contributed by atoms with van der Waals surface area (Å²) in [6.45, 7) is 4.07. The van der Waals surface area contributed by atoms with Gasteiger partial charge in [-0.15, -0.1) is 0 Å². The highest BCUT2D eigenvalue weighted by Gasteiger charge is 2.21. The minimum absolute atomic E-state index is 0.0767. The summed E-state index contributed by atoms with van der Waals surface area (Å²) in [5.74, 6) is -0.253. The molecule has 0 aromatic rings. The zero-order valence-corrected chi connectivity index (χ0v) is 13.2. The minimum Gasteiger partial charge on any atom is -0.466 e. The molecule has 0 fully saturated rings. The summed E-state index contributed by atoms with van der Waals surface area (Å²) in [5.41, 5.74) is 10.9. The summed E-state index contributed by atoms with van der Waals surface area (Å²) in [6, 6.07) is -0.445. The fraction of sp³-hybridized carbons (Fsp3) is 0.867. The van der Waals surface area contributed by atoms with Crippen LogP contribution in [0.4, 0.5) is 0 Å². The number of Topliss-reactive ketones (excluding diaryl/α,β-unsaturated/α-hetero) is 1. The van der Waals surface area contributed by atoms with Crippen LogP contribution in [-0.4, -0.2) is 44.0 Å². The van der Waals surface area contributed by atoms with E-state index in [1.165, 1.54) is 0 Å². The minimum atomic E-state index is -0.445. The van der Waals surface area contributed by atoms with Crippen molar-refractivity contribution in [1.82, 2.24) is 5.32 Å². The van der Waals surface area contributed by atoms with Crippen molar-refractivity contribution < 1.29 is 14.3 Å². The van der Waals surface area contributed by atoms with E-state index in [9.17, 15) is 9.59 Å². The molecule has 124 valence electrons. The standard InChI is InChI=1S/C15H31N3O3/c1-2-21-15(20)12-13(18-11-7-6-10-17)14(19)8-4-3-5-9-16/h13,18H,2-12,16-17H2,1H3. The predicted octanol–water partition coefficient (Wildman–Crippen LogP) is 0.725. The third-order valence-corrected chi connectivity index (χ3v) is 3.21. The number of ketones is 1. The van der Waals surface area contributed by atoms with E-state index in [1.807, 2.05) is 0 Å². The molecular formula is C15H31N3O3. The zero-order chi connectivity index (χ0) is 15.9. The maximum Gasteiger partial charge on any atom is 0.307 e. The third kappa shape index (κ3) is 11.4. The van der Waals surface area contributed by atoms with Crippen molar-refractivity contribution in [2.24, 2.45) is 11.5 Å². The molecule has 0 saturated carbocycles. The van der Waals surface area contributed by atoms with Crippen LogP contribution in [0.2, 0.25) is 0 Å². The molecule has 0 aliphatic heterocycles. The van der Waals surface area contributed by atoms with Crippen molar-refractivity contribution >= 4 is 11.8 Å². The van der Waals surface area contributed by atoms with Crippen LogP contribution in [-0.2, 0) is 14.3 Å². The van der Waals surface area contributed by atoms with Crippen LogP contribution in [0.3, 0.4) is 0 Å². The topological polar surface area (TPSA) is 107 Å². The van der Waals surface area contributed by atoms with Crippen LogP contribution in [0.25, 0.3) is 0 Å². The largest absolute Gasteiger partial charge is 0.466 e. The first kappa shape index (κ1) is 20.0. The van der Waals surface area contributed by atoms with E-state index in [1.54, 1.807) is 6.92 Å². The Hall–Kier alpha value is -0.980. The number of esters is 1. The van der Waals surface area contributed by atoms with Gasteiger partial charge >= 0.3 is 5.97 Å². The van der Waals surface area contributed by atoms with E-state index < -0.39 is 6.04 Å². The van der Waals surface area contributed by atoms with Crippen molar-refractivity contribution in [2.45, 2.75) is 57.9 Å². The molecule has 0 heterocycles. The van der Waals surface area contributed by atoms with E-state index in [0.29, 0.717) is 32.7 Å². The average molecular weight is 301 g/mol. The normalized spacial score (nSPS) is 12.1. The van der Waals surface area contributed by atoms with Gasteiger partial charge in [0.1, 0.15) is 5.78 Å². The second-order valence-corrected chi connectivity index (χ2v) is 5.08.